The van der Waals surface area contributed by atoms with E-state index in [4.69, 9.17) is 9.47 Å². The molecule has 0 fully saturated rings. The fourth-order valence-corrected chi connectivity index (χ4v) is 4.24. The minimum Gasteiger partial charge on any atom is -0.426 e. The van der Waals surface area contributed by atoms with E-state index in [-0.39, 0.29) is 11.9 Å². The van der Waals surface area contributed by atoms with Gasteiger partial charge in [-0.3, -0.25) is 9.59 Å². The molecule has 0 N–H and O–H groups in total. The van der Waals surface area contributed by atoms with Crippen molar-refractivity contribution >= 4 is 23.7 Å². The van der Waals surface area contributed by atoms with Gasteiger partial charge in [-0.1, -0.05) is 11.8 Å². The third-order valence-corrected chi connectivity index (χ3v) is 6.32. The van der Waals surface area contributed by atoms with Gasteiger partial charge in [0, 0.05) is 34.8 Å². The molecule has 144 valence electrons. The predicted molar refractivity (Wildman–Crippen MR) is 108 cm³/mol. The van der Waals surface area contributed by atoms with E-state index in [1.54, 1.807) is 11.8 Å². The maximum Gasteiger partial charge on any atom is 0.308 e. The molecular formula is C22H26O4S. The van der Waals surface area contributed by atoms with Crippen LogP contribution in [0, 0.1) is 41.5 Å². The van der Waals surface area contributed by atoms with Crippen LogP contribution in [0.5, 0.6) is 11.5 Å². The molecule has 2 rings (SSSR count). The first-order chi connectivity index (χ1) is 12.5. The van der Waals surface area contributed by atoms with Gasteiger partial charge in [-0.05, 0) is 75.9 Å². The highest BCUT2D eigenvalue weighted by molar-refractivity contribution is 7.99. The fourth-order valence-electron chi connectivity index (χ4n) is 2.90. The highest BCUT2D eigenvalue weighted by Crippen LogP contribution is 2.43. The lowest BCUT2D eigenvalue weighted by molar-refractivity contribution is -0.132. The molecule has 0 unspecified atom stereocenters. The second kappa shape index (κ2) is 8.17. The van der Waals surface area contributed by atoms with Gasteiger partial charge in [-0.15, -0.1) is 0 Å². The summed E-state index contributed by atoms with van der Waals surface area (Å²) in [5, 5.41) is 0. The molecule has 5 heteroatoms. The van der Waals surface area contributed by atoms with E-state index in [1.807, 2.05) is 39.8 Å². The highest BCUT2D eigenvalue weighted by atomic mass is 32.2. The van der Waals surface area contributed by atoms with E-state index >= 15 is 0 Å². The topological polar surface area (TPSA) is 52.6 Å². The summed E-state index contributed by atoms with van der Waals surface area (Å²) in [4.78, 5) is 25.0. The number of esters is 2. The van der Waals surface area contributed by atoms with Crippen molar-refractivity contribution in [3.05, 3.63) is 45.5 Å². The Kier molecular flexibility index (Phi) is 6.37. The Morgan fingerprint density at radius 2 is 1.00 bits per heavy atom. The molecule has 2 aromatic rings. The van der Waals surface area contributed by atoms with Gasteiger partial charge >= 0.3 is 11.9 Å². The summed E-state index contributed by atoms with van der Waals surface area (Å²) in [6, 6.07) is 3.80. The SMILES string of the molecule is CC(=O)Oc1cc(C)c(C)c(Sc2c(C)c(C)cc(OC(C)=O)c2C)c1C. The van der Waals surface area contributed by atoms with Crippen LogP contribution in [0.1, 0.15) is 47.2 Å². The van der Waals surface area contributed by atoms with Crippen molar-refractivity contribution in [2.24, 2.45) is 0 Å². The molecule has 0 atom stereocenters. The van der Waals surface area contributed by atoms with Gasteiger partial charge in [0.1, 0.15) is 11.5 Å². The van der Waals surface area contributed by atoms with E-state index in [2.05, 4.69) is 13.8 Å². The van der Waals surface area contributed by atoms with Crippen molar-refractivity contribution in [3.63, 3.8) is 0 Å². The monoisotopic (exact) mass is 386 g/mol. The Labute approximate surface area is 165 Å². The number of aryl methyl sites for hydroxylation is 2. The lowest BCUT2D eigenvalue weighted by Gasteiger charge is -2.20. The Morgan fingerprint density at radius 3 is 1.30 bits per heavy atom. The van der Waals surface area contributed by atoms with Crippen LogP contribution in [0.4, 0.5) is 0 Å². The maximum atomic E-state index is 11.5. The molecule has 0 heterocycles. The van der Waals surface area contributed by atoms with Crippen LogP contribution in [0.15, 0.2) is 21.9 Å². The summed E-state index contributed by atoms with van der Waals surface area (Å²) >= 11 is 1.62. The summed E-state index contributed by atoms with van der Waals surface area (Å²) in [6.45, 7) is 14.9. The molecule has 0 radical (unpaired) electrons. The van der Waals surface area contributed by atoms with Crippen molar-refractivity contribution in [2.45, 2.75) is 65.2 Å². The van der Waals surface area contributed by atoms with Gasteiger partial charge in [0.15, 0.2) is 0 Å². The van der Waals surface area contributed by atoms with Gasteiger partial charge in [0.25, 0.3) is 0 Å². The minimum atomic E-state index is -0.336. The number of hydrogen-bond acceptors (Lipinski definition) is 5. The molecule has 4 nitrogen and oxygen atoms in total. The van der Waals surface area contributed by atoms with E-state index < -0.39 is 0 Å². The average Bonchev–Trinajstić information content (AvgIpc) is 2.56. The van der Waals surface area contributed by atoms with Crippen LogP contribution >= 0.6 is 11.8 Å². The van der Waals surface area contributed by atoms with Crippen molar-refractivity contribution in [1.82, 2.24) is 0 Å². The number of carbonyl (C=O) groups is 2. The first-order valence-electron chi connectivity index (χ1n) is 8.79. The number of ether oxygens (including phenoxy) is 2. The molecule has 0 aliphatic rings. The summed E-state index contributed by atoms with van der Waals surface area (Å²) < 4.78 is 10.8. The molecule has 0 saturated carbocycles. The van der Waals surface area contributed by atoms with Crippen LogP contribution in [0.25, 0.3) is 0 Å². The Bertz CT molecular complexity index is 853. The Balaban J connectivity index is 2.63. The Hall–Kier alpha value is -2.27. The van der Waals surface area contributed by atoms with Crippen LogP contribution in [0.3, 0.4) is 0 Å². The van der Waals surface area contributed by atoms with Crippen molar-refractivity contribution < 1.29 is 19.1 Å². The highest BCUT2D eigenvalue weighted by Gasteiger charge is 2.19. The van der Waals surface area contributed by atoms with E-state index in [0.29, 0.717) is 11.5 Å². The van der Waals surface area contributed by atoms with Gasteiger partial charge in [0.2, 0.25) is 0 Å². The van der Waals surface area contributed by atoms with Crippen molar-refractivity contribution in [3.8, 4) is 11.5 Å². The first-order valence-corrected chi connectivity index (χ1v) is 9.60. The zero-order chi connectivity index (χ0) is 20.5. The zero-order valence-corrected chi connectivity index (χ0v) is 18.0. The average molecular weight is 387 g/mol. The number of benzene rings is 2. The fraction of sp³-hybridized carbons (Fsp3) is 0.364. The number of carbonyl (C=O) groups excluding carboxylic acids is 2. The smallest absolute Gasteiger partial charge is 0.308 e. The summed E-state index contributed by atoms with van der Waals surface area (Å²) in [5.41, 5.74) is 6.25. The molecule has 0 aromatic heterocycles. The quantitative estimate of drug-likeness (QED) is 0.510. The molecule has 0 bridgehead atoms. The van der Waals surface area contributed by atoms with Crippen LogP contribution < -0.4 is 9.47 Å². The van der Waals surface area contributed by atoms with Crippen molar-refractivity contribution in [2.75, 3.05) is 0 Å². The Morgan fingerprint density at radius 1 is 0.667 bits per heavy atom. The molecule has 2 aromatic carbocycles. The molecule has 0 spiro atoms. The zero-order valence-electron chi connectivity index (χ0n) is 17.2. The molecule has 27 heavy (non-hydrogen) atoms. The third kappa shape index (κ3) is 4.53. The molecule has 0 saturated heterocycles. The first kappa shape index (κ1) is 21.0. The summed E-state index contributed by atoms with van der Waals surface area (Å²) in [7, 11) is 0. The molecule has 0 aliphatic carbocycles. The summed E-state index contributed by atoms with van der Waals surface area (Å²) in [6.07, 6.45) is 0. The minimum absolute atomic E-state index is 0.336. The van der Waals surface area contributed by atoms with Gasteiger partial charge in [-0.2, -0.15) is 0 Å². The van der Waals surface area contributed by atoms with Crippen LogP contribution in [-0.4, -0.2) is 11.9 Å². The maximum absolute atomic E-state index is 11.5. The molecular weight excluding hydrogens is 360 g/mol. The third-order valence-electron chi connectivity index (χ3n) is 4.69. The van der Waals surface area contributed by atoms with Gasteiger partial charge in [0.05, 0.1) is 0 Å². The van der Waals surface area contributed by atoms with Crippen LogP contribution in [-0.2, 0) is 9.59 Å². The molecule has 0 aliphatic heterocycles. The lowest BCUT2D eigenvalue weighted by Crippen LogP contribution is -2.06. The van der Waals surface area contributed by atoms with E-state index in [9.17, 15) is 9.59 Å². The standard InChI is InChI=1S/C22H26O4S/c1-11-9-19(25-17(7)23)15(5)21(13(11)3)27-22-14(4)12(2)10-20(16(22)6)26-18(8)24/h9-10H,1-8H3. The van der Waals surface area contributed by atoms with Gasteiger partial charge in [-0.25, -0.2) is 0 Å². The second-order valence-electron chi connectivity index (χ2n) is 6.83. The largest absolute Gasteiger partial charge is 0.426 e. The number of hydrogen-bond donors (Lipinski definition) is 0. The van der Waals surface area contributed by atoms with Crippen molar-refractivity contribution in [1.29, 1.82) is 0 Å². The second-order valence-corrected chi connectivity index (χ2v) is 7.85. The van der Waals surface area contributed by atoms with E-state index in [0.717, 1.165) is 43.2 Å². The lowest BCUT2D eigenvalue weighted by atomic mass is 10.1. The van der Waals surface area contributed by atoms with Crippen LogP contribution in [0.2, 0.25) is 0 Å². The number of rotatable bonds is 4. The molecule has 0 amide bonds. The normalized spacial score (nSPS) is 10.7. The van der Waals surface area contributed by atoms with E-state index in [1.165, 1.54) is 13.8 Å². The summed E-state index contributed by atoms with van der Waals surface area (Å²) in [5.74, 6) is 0.488. The van der Waals surface area contributed by atoms with Gasteiger partial charge < -0.3 is 9.47 Å². The predicted octanol–water partition coefficient (Wildman–Crippen LogP) is 5.54.